The third kappa shape index (κ3) is 3.22. The molecule has 1 unspecified atom stereocenters. The first-order chi connectivity index (χ1) is 10.6. The molecule has 6 heteroatoms. The van der Waals surface area contributed by atoms with Gasteiger partial charge in [0.15, 0.2) is 0 Å². The van der Waals surface area contributed by atoms with Crippen molar-refractivity contribution >= 4 is 40.7 Å². The standard InChI is InChI=1S/C16H13Cl3N2O/c17-11-8-20-15(13(19)12(11)18)16(22)21-14(10-6-7-10)9-4-2-1-3-5-9/h1-5,8,10,14H,6-7H2,(H,21,22). The van der Waals surface area contributed by atoms with Gasteiger partial charge in [0.1, 0.15) is 5.69 Å². The Hall–Kier alpha value is -1.29. The molecule has 0 radical (unpaired) electrons. The topological polar surface area (TPSA) is 42.0 Å². The van der Waals surface area contributed by atoms with Crippen LogP contribution in [0.1, 0.15) is 34.9 Å². The summed E-state index contributed by atoms with van der Waals surface area (Å²) in [5, 5.41) is 3.46. The van der Waals surface area contributed by atoms with Crippen LogP contribution in [0.15, 0.2) is 36.5 Å². The highest BCUT2D eigenvalue weighted by atomic mass is 35.5. The smallest absolute Gasteiger partial charge is 0.271 e. The van der Waals surface area contributed by atoms with E-state index in [1.807, 2.05) is 30.3 Å². The van der Waals surface area contributed by atoms with Gasteiger partial charge < -0.3 is 5.32 Å². The van der Waals surface area contributed by atoms with Gasteiger partial charge >= 0.3 is 0 Å². The van der Waals surface area contributed by atoms with Crippen LogP contribution in [0.4, 0.5) is 0 Å². The highest BCUT2D eigenvalue weighted by Crippen LogP contribution is 2.41. The van der Waals surface area contributed by atoms with Gasteiger partial charge in [0, 0.05) is 6.20 Å². The lowest BCUT2D eigenvalue weighted by molar-refractivity contribution is 0.0927. The van der Waals surface area contributed by atoms with E-state index in [1.165, 1.54) is 6.20 Å². The van der Waals surface area contributed by atoms with Crippen molar-refractivity contribution in [2.75, 3.05) is 0 Å². The molecule has 1 fully saturated rings. The quantitative estimate of drug-likeness (QED) is 0.845. The maximum absolute atomic E-state index is 12.5. The summed E-state index contributed by atoms with van der Waals surface area (Å²) in [5.41, 5.74) is 1.17. The number of pyridine rings is 1. The molecule has 3 nitrogen and oxygen atoms in total. The Bertz CT molecular complexity index is 702. The minimum Gasteiger partial charge on any atom is -0.344 e. The molecule has 0 saturated heterocycles. The number of carbonyl (C=O) groups is 1. The van der Waals surface area contributed by atoms with Gasteiger partial charge in [-0.3, -0.25) is 4.79 Å². The number of aromatic nitrogens is 1. The van der Waals surface area contributed by atoms with Crippen LogP contribution >= 0.6 is 34.8 Å². The van der Waals surface area contributed by atoms with Crippen LogP contribution in [0, 0.1) is 5.92 Å². The fourth-order valence-electron chi connectivity index (χ4n) is 2.37. The predicted octanol–water partition coefficient (Wildman–Crippen LogP) is 4.92. The van der Waals surface area contributed by atoms with Gasteiger partial charge in [-0.15, -0.1) is 0 Å². The Morgan fingerprint density at radius 2 is 1.82 bits per heavy atom. The van der Waals surface area contributed by atoms with Crippen molar-refractivity contribution in [3.05, 3.63) is 62.9 Å². The van der Waals surface area contributed by atoms with E-state index in [0.717, 1.165) is 18.4 Å². The van der Waals surface area contributed by atoms with Crippen molar-refractivity contribution in [2.24, 2.45) is 5.92 Å². The van der Waals surface area contributed by atoms with Gasteiger partial charge in [-0.2, -0.15) is 0 Å². The van der Waals surface area contributed by atoms with E-state index >= 15 is 0 Å². The summed E-state index contributed by atoms with van der Waals surface area (Å²) in [6.07, 6.45) is 3.53. The van der Waals surface area contributed by atoms with Crippen LogP contribution in [-0.2, 0) is 0 Å². The molecule has 1 saturated carbocycles. The number of nitrogens with zero attached hydrogens (tertiary/aromatic N) is 1. The number of hydrogen-bond acceptors (Lipinski definition) is 2. The second-order valence-electron chi connectivity index (χ2n) is 5.28. The van der Waals surface area contributed by atoms with Gasteiger partial charge in [0.05, 0.1) is 21.1 Å². The van der Waals surface area contributed by atoms with Crippen molar-refractivity contribution in [1.82, 2.24) is 10.3 Å². The fourth-order valence-corrected chi connectivity index (χ4v) is 2.94. The van der Waals surface area contributed by atoms with E-state index in [0.29, 0.717) is 5.92 Å². The molecule has 22 heavy (non-hydrogen) atoms. The number of nitrogens with one attached hydrogen (secondary N) is 1. The van der Waals surface area contributed by atoms with Crippen LogP contribution < -0.4 is 5.32 Å². The second kappa shape index (κ2) is 6.45. The number of rotatable bonds is 4. The summed E-state index contributed by atoms with van der Waals surface area (Å²) in [5.74, 6) is 0.109. The second-order valence-corrected chi connectivity index (χ2v) is 6.45. The number of hydrogen-bond donors (Lipinski definition) is 1. The van der Waals surface area contributed by atoms with Gasteiger partial charge in [-0.05, 0) is 24.3 Å². The zero-order valence-electron chi connectivity index (χ0n) is 11.5. The number of benzene rings is 1. The maximum Gasteiger partial charge on any atom is 0.271 e. The molecule has 1 heterocycles. The largest absolute Gasteiger partial charge is 0.344 e. The molecule has 1 aliphatic rings. The van der Waals surface area contributed by atoms with Gasteiger partial charge in [-0.1, -0.05) is 65.1 Å². The molecule has 114 valence electrons. The Labute approximate surface area is 143 Å². The minimum absolute atomic E-state index is 0.0407. The Kier molecular flexibility index (Phi) is 4.57. The van der Waals surface area contributed by atoms with E-state index < -0.39 is 0 Å². The number of halogens is 3. The first-order valence-corrected chi connectivity index (χ1v) is 8.06. The molecular formula is C16H13Cl3N2O. The SMILES string of the molecule is O=C(NC(c1ccccc1)C1CC1)c1ncc(Cl)c(Cl)c1Cl. The van der Waals surface area contributed by atoms with Crippen molar-refractivity contribution < 1.29 is 4.79 Å². The summed E-state index contributed by atoms with van der Waals surface area (Å²) in [4.78, 5) is 16.5. The van der Waals surface area contributed by atoms with Crippen molar-refractivity contribution in [3.8, 4) is 0 Å². The lowest BCUT2D eigenvalue weighted by Crippen LogP contribution is -2.30. The molecule has 2 aromatic rings. The highest BCUT2D eigenvalue weighted by molar-refractivity contribution is 6.48. The summed E-state index contributed by atoms with van der Waals surface area (Å²) < 4.78 is 0. The number of amides is 1. The van der Waals surface area contributed by atoms with Gasteiger partial charge in [0.25, 0.3) is 5.91 Å². The van der Waals surface area contributed by atoms with Gasteiger partial charge in [-0.25, -0.2) is 4.98 Å². The molecule has 3 rings (SSSR count). The third-order valence-electron chi connectivity index (χ3n) is 3.67. The maximum atomic E-state index is 12.5. The van der Waals surface area contributed by atoms with Crippen molar-refractivity contribution in [1.29, 1.82) is 0 Å². The van der Waals surface area contributed by atoms with E-state index in [1.54, 1.807) is 0 Å². The Balaban J connectivity index is 1.85. The summed E-state index contributed by atoms with van der Waals surface area (Å²) >= 11 is 17.9. The van der Waals surface area contributed by atoms with Crippen LogP contribution in [0.2, 0.25) is 15.1 Å². The fraction of sp³-hybridized carbons (Fsp3) is 0.250. The third-order valence-corrected chi connectivity index (χ3v) is 4.91. The predicted molar refractivity (Wildman–Crippen MR) is 88.6 cm³/mol. The van der Waals surface area contributed by atoms with E-state index in [2.05, 4.69) is 10.3 Å². The zero-order valence-corrected chi connectivity index (χ0v) is 13.8. The zero-order chi connectivity index (χ0) is 15.7. The minimum atomic E-state index is -0.343. The molecule has 1 aliphatic carbocycles. The van der Waals surface area contributed by atoms with Crippen LogP contribution in [0.25, 0.3) is 0 Å². The lowest BCUT2D eigenvalue weighted by atomic mass is 10.0. The number of carbonyl (C=O) groups excluding carboxylic acids is 1. The molecule has 1 N–H and O–H groups in total. The van der Waals surface area contributed by atoms with Crippen molar-refractivity contribution in [3.63, 3.8) is 0 Å². The van der Waals surface area contributed by atoms with Crippen LogP contribution in [-0.4, -0.2) is 10.9 Å². The molecule has 1 aromatic heterocycles. The molecule has 0 aliphatic heterocycles. The average molecular weight is 356 g/mol. The van der Waals surface area contributed by atoms with E-state index in [9.17, 15) is 4.79 Å². The summed E-state index contributed by atoms with van der Waals surface area (Å²) in [6.45, 7) is 0. The average Bonchev–Trinajstić information content (AvgIpc) is 3.36. The molecule has 1 aromatic carbocycles. The normalized spacial score (nSPS) is 15.4. The molecular weight excluding hydrogens is 343 g/mol. The molecule has 1 amide bonds. The van der Waals surface area contributed by atoms with Crippen molar-refractivity contribution in [2.45, 2.75) is 18.9 Å². The molecule has 0 spiro atoms. The summed E-state index contributed by atoms with van der Waals surface area (Å²) in [7, 11) is 0. The van der Waals surface area contributed by atoms with Gasteiger partial charge in [0.2, 0.25) is 0 Å². The van der Waals surface area contributed by atoms with E-state index in [-0.39, 0.29) is 32.7 Å². The highest BCUT2D eigenvalue weighted by Gasteiger charge is 2.34. The molecule has 1 atom stereocenters. The first-order valence-electron chi connectivity index (χ1n) is 6.93. The Morgan fingerprint density at radius 3 is 2.45 bits per heavy atom. The first kappa shape index (κ1) is 15.6. The van der Waals surface area contributed by atoms with Crippen LogP contribution in [0.5, 0.6) is 0 Å². The Morgan fingerprint density at radius 1 is 1.14 bits per heavy atom. The lowest BCUT2D eigenvalue weighted by Gasteiger charge is -2.19. The van der Waals surface area contributed by atoms with Crippen LogP contribution in [0.3, 0.4) is 0 Å². The summed E-state index contributed by atoms with van der Waals surface area (Å²) in [6, 6.07) is 9.84. The monoisotopic (exact) mass is 354 g/mol. The van der Waals surface area contributed by atoms with E-state index in [4.69, 9.17) is 34.8 Å². The molecule has 0 bridgehead atoms.